The second-order valence-electron chi connectivity index (χ2n) is 2.61. The van der Waals surface area contributed by atoms with Crippen LogP contribution in [0, 0.1) is 21.4 Å². The van der Waals surface area contributed by atoms with Gasteiger partial charge in [-0.15, -0.1) is 0 Å². The monoisotopic (exact) mass is 193 g/mol. The summed E-state index contributed by atoms with van der Waals surface area (Å²) in [5, 5.41) is 28.0. The van der Waals surface area contributed by atoms with Crippen LogP contribution in [0.4, 0.5) is 5.69 Å². The minimum Gasteiger partial charge on any atom is -0.502 e. The minimum absolute atomic E-state index is 0.303. The molecule has 1 unspecified atom stereocenters. The molecule has 0 saturated carbocycles. The molecule has 0 aliphatic carbocycles. The molecule has 72 valence electrons. The number of nitro benzene ring substituents is 1. The summed E-state index contributed by atoms with van der Waals surface area (Å²) < 4.78 is 0. The maximum atomic E-state index is 10.4. The number of phenols is 1. The van der Waals surface area contributed by atoms with Crippen LogP contribution in [0.2, 0.25) is 0 Å². The van der Waals surface area contributed by atoms with Gasteiger partial charge in [0.15, 0.2) is 5.75 Å². The lowest BCUT2D eigenvalue weighted by molar-refractivity contribution is -0.385. The Morgan fingerprint density at radius 2 is 2.29 bits per heavy atom. The number of nitriles is 1. The quantitative estimate of drug-likeness (QED) is 0.533. The first-order valence-electron chi connectivity index (χ1n) is 3.68. The number of nitrogens with two attached hydrogens (primary N) is 1. The fourth-order valence-corrected chi connectivity index (χ4v) is 0.955. The first-order chi connectivity index (χ1) is 6.56. The van der Waals surface area contributed by atoms with Crippen LogP contribution in [0.1, 0.15) is 11.6 Å². The van der Waals surface area contributed by atoms with Gasteiger partial charge < -0.3 is 10.8 Å². The number of nitro groups is 1. The minimum atomic E-state index is -0.922. The lowest BCUT2D eigenvalue weighted by atomic mass is 10.1. The van der Waals surface area contributed by atoms with Crippen LogP contribution in [-0.4, -0.2) is 10.0 Å². The van der Waals surface area contributed by atoms with E-state index < -0.39 is 22.4 Å². The number of nitrogens with zero attached hydrogens (tertiary/aromatic N) is 2. The van der Waals surface area contributed by atoms with Crippen LogP contribution in [-0.2, 0) is 0 Å². The van der Waals surface area contributed by atoms with Crippen LogP contribution < -0.4 is 5.73 Å². The van der Waals surface area contributed by atoms with E-state index in [0.717, 1.165) is 12.1 Å². The van der Waals surface area contributed by atoms with Gasteiger partial charge in [0.05, 0.1) is 11.0 Å². The molecule has 14 heavy (non-hydrogen) atoms. The molecule has 1 aromatic carbocycles. The molecule has 1 aromatic rings. The fraction of sp³-hybridized carbons (Fsp3) is 0.125. The molecule has 0 aromatic heterocycles. The van der Waals surface area contributed by atoms with Crippen molar-refractivity contribution in [3.8, 4) is 11.8 Å². The third-order valence-corrected chi connectivity index (χ3v) is 1.69. The third-order valence-electron chi connectivity index (χ3n) is 1.69. The van der Waals surface area contributed by atoms with E-state index in [-0.39, 0.29) is 0 Å². The molecule has 0 amide bonds. The summed E-state index contributed by atoms with van der Waals surface area (Å²) in [5.41, 5.74) is 5.20. The average Bonchev–Trinajstić information content (AvgIpc) is 2.17. The molecule has 1 rings (SSSR count). The molecule has 0 heterocycles. The number of phenolic OH excluding ortho intramolecular Hbond substituents is 1. The molecule has 6 heteroatoms. The Bertz CT molecular complexity index is 411. The van der Waals surface area contributed by atoms with E-state index in [4.69, 9.17) is 16.1 Å². The summed E-state index contributed by atoms with van der Waals surface area (Å²) in [6, 6.07) is 4.42. The van der Waals surface area contributed by atoms with Gasteiger partial charge in [-0.2, -0.15) is 5.26 Å². The van der Waals surface area contributed by atoms with Crippen LogP contribution in [0.3, 0.4) is 0 Å². The van der Waals surface area contributed by atoms with Gasteiger partial charge in [-0.25, -0.2) is 0 Å². The summed E-state index contributed by atoms with van der Waals surface area (Å²) in [4.78, 5) is 9.67. The predicted octanol–water partition coefficient (Wildman–Crippen LogP) is 0.824. The van der Waals surface area contributed by atoms with Crippen molar-refractivity contribution in [1.82, 2.24) is 0 Å². The Kier molecular flexibility index (Phi) is 2.65. The zero-order valence-corrected chi connectivity index (χ0v) is 7.04. The SMILES string of the molecule is N#CC(N)c1ccc(O)c([N+](=O)[O-])c1. The largest absolute Gasteiger partial charge is 0.502 e. The van der Waals surface area contributed by atoms with Gasteiger partial charge in [-0.05, 0) is 11.6 Å². The van der Waals surface area contributed by atoms with Crippen LogP contribution in [0.5, 0.6) is 5.75 Å². The molecular formula is C8H7N3O3. The molecule has 3 N–H and O–H groups in total. The second-order valence-corrected chi connectivity index (χ2v) is 2.61. The average molecular weight is 193 g/mol. The maximum absolute atomic E-state index is 10.4. The second kappa shape index (κ2) is 3.72. The molecule has 0 aliphatic rings. The fourth-order valence-electron chi connectivity index (χ4n) is 0.955. The highest BCUT2D eigenvalue weighted by Crippen LogP contribution is 2.27. The zero-order valence-electron chi connectivity index (χ0n) is 7.04. The number of benzene rings is 1. The summed E-state index contributed by atoms with van der Waals surface area (Å²) in [5.74, 6) is -0.441. The Balaban J connectivity index is 3.21. The molecule has 6 nitrogen and oxygen atoms in total. The van der Waals surface area contributed by atoms with Crippen LogP contribution in [0.25, 0.3) is 0 Å². The number of aromatic hydroxyl groups is 1. The Morgan fingerprint density at radius 3 is 2.79 bits per heavy atom. The van der Waals surface area contributed by atoms with E-state index in [0.29, 0.717) is 5.56 Å². The molecule has 0 spiro atoms. The predicted molar refractivity (Wildman–Crippen MR) is 47.3 cm³/mol. The van der Waals surface area contributed by atoms with Crippen molar-refractivity contribution in [2.75, 3.05) is 0 Å². The topological polar surface area (TPSA) is 113 Å². The van der Waals surface area contributed by atoms with Crippen molar-refractivity contribution < 1.29 is 10.0 Å². The Morgan fingerprint density at radius 1 is 1.64 bits per heavy atom. The van der Waals surface area contributed by atoms with Gasteiger partial charge in [-0.3, -0.25) is 10.1 Å². The summed E-state index contributed by atoms with van der Waals surface area (Å²) >= 11 is 0. The molecule has 0 fully saturated rings. The van der Waals surface area contributed by atoms with Crippen molar-refractivity contribution in [3.05, 3.63) is 33.9 Å². The first kappa shape index (κ1) is 9.95. The van der Waals surface area contributed by atoms with Crippen LogP contribution in [0.15, 0.2) is 18.2 Å². The van der Waals surface area contributed by atoms with Crippen molar-refractivity contribution in [2.24, 2.45) is 5.73 Å². The lowest BCUT2D eigenvalue weighted by Gasteiger charge is -2.02. The molecule has 0 bridgehead atoms. The van der Waals surface area contributed by atoms with Gasteiger partial charge in [0, 0.05) is 6.07 Å². The zero-order chi connectivity index (χ0) is 10.7. The van der Waals surface area contributed by atoms with E-state index in [2.05, 4.69) is 0 Å². The summed E-state index contributed by atoms with van der Waals surface area (Å²) in [6.45, 7) is 0. The standard InChI is InChI=1S/C8H7N3O3/c9-4-6(10)5-1-2-8(12)7(3-5)11(13)14/h1-3,6,12H,10H2. The maximum Gasteiger partial charge on any atom is 0.311 e. The first-order valence-corrected chi connectivity index (χ1v) is 3.68. The van der Waals surface area contributed by atoms with Crippen molar-refractivity contribution in [1.29, 1.82) is 5.26 Å². The summed E-state index contributed by atoms with van der Waals surface area (Å²) in [6.07, 6.45) is 0. The van der Waals surface area contributed by atoms with Crippen LogP contribution >= 0.6 is 0 Å². The highest BCUT2D eigenvalue weighted by molar-refractivity contribution is 5.48. The number of hydrogen-bond acceptors (Lipinski definition) is 5. The highest BCUT2D eigenvalue weighted by Gasteiger charge is 2.15. The number of rotatable bonds is 2. The van der Waals surface area contributed by atoms with Gasteiger partial charge in [0.2, 0.25) is 0 Å². The Labute approximate surface area is 79.3 Å². The van der Waals surface area contributed by atoms with Crippen molar-refractivity contribution in [3.63, 3.8) is 0 Å². The third kappa shape index (κ3) is 1.78. The molecular weight excluding hydrogens is 186 g/mol. The highest BCUT2D eigenvalue weighted by atomic mass is 16.6. The Hall–Kier alpha value is -2.13. The van der Waals surface area contributed by atoms with E-state index in [1.165, 1.54) is 6.07 Å². The molecule has 0 aliphatic heterocycles. The van der Waals surface area contributed by atoms with Gasteiger partial charge in [0.1, 0.15) is 6.04 Å². The molecule has 0 saturated heterocycles. The van der Waals surface area contributed by atoms with Crippen molar-refractivity contribution >= 4 is 5.69 Å². The van der Waals surface area contributed by atoms with Gasteiger partial charge >= 0.3 is 5.69 Å². The van der Waals surface area contributed by atoms with Crippen molar-refractivity contribution in [2.45, 2.75) is 6.04 Å². The normalized spacial score (nSPS) is 11.7. The smallest absolute Gasteiger partial charge is 0.311 e. The van der Waals surface area contributed by atoms with Gasteiger partial charge in [0.25, 0.3) is 0 Å². The van der Waals surface area contributed by atoms with E-state index >= 15 is 0 Å². The molecule has 0 radical (unpaired) electrons. The summed E-state index contributed by atoms with van der Waals surface area (Å²) in [7, 11) is 0. The van der Waals surface area contributed by atoms with E-state index in [1.807, 2.05) is 0 Å². The van der Waals surface area contributed by atoms with E-state index in [9.17, 15) is 10.1 Å². The number of hydrogen-bond donors (Lipinski definition) is 2. The molecule has 1 atom stereocenters. The lowest BCUT2D eigenvalue weighted by Crippen LogP contribution is -2.07. The van der Waals surface area contributed by atoms with Gasteiger partial charge in [-0.1, -0.05) is 6.07 Å². The van der Waals surface area contributed by atoms with E-state index in [1.54, 1.807) is 6.07 Å².